The van der Waals surface area contributed by atoms with Crippen molar-refractivity contribution in [3.63, 3.8) is 0 Å². The van der Waals surface area contributed by atoms with Crippen LogP contribution in [0.1, 0.15) is 22.7 Å². The number of hydrogen-bond donors (Lipinski definition) is 0. The summed E-state index contributed by atoms with van der Waals surface area (Å²) in [4.78, 5) is 5.61. The van der Waals surface area contributed by atoms with Gasteiger partial charge in [-0.2, -0.15) is 0 Å². The SMILES string of the molecule is Cc1ncc(CC2(CCl)CCCOC2)s1. The minimum absolute atomic E-state index is 0.152. The third-order valence-corrected chi connectivity index (χ3v) is 4.39. The number of halogens is 1. The Balaban J connectivity index is 2.06. The summed E-state index contributed by atoms with van der Waals surface area (Å²) in [5, 5.41) is 1.13. The monoisotopic (exact) mass is 245 g/mol. The predicted octanol–water partition coefficient (Wildman–Crippen LogP) is 3.03. The molecule has 0 N–H and O–H groups in total. The van der Waals surface area contributed by atoms with Gasteiger partial charge >= 0.3 is 0 Å². The van der Waals surface area contributed by atoms with Crippen molar-refractivity contribution in [3.05, 3.63) is 16.1 Å². The summed E-state index contributed by atoms with van der Waals surface area (Å²) in [7, 11) is 0. The smallest absolute Gasteiger partial charge is 0.0896 e. The fourth-order valence-electron chi connectivity index (χ4n) is 2.06. The Kier molecular flexibility index (Phi) is 3.65. The van der Waals surface area contributed by atoms with Crippen molar-refractivity contribution < 1.29 is 4.74 Å². The average Bonchev–Trinajstić information content (AvgIpc) is 2.65. The highest BCUT2D eigenvalue weighted by Crippen LogP contribution is 2.35. The van der Waals surface area contributed by atoms with Crippen molar-refractivity contribution >= 4 is 22.9 Å². The Hall–Kier alpha value is -0.120. The fourth-order valence-corrected chi connectivity index (χ4v) is 3.33. The van der Waals surface area contributed by atoms with Crippen molar-refractivity contribution in [2.24, 2.45) is 5.41 Å². The van der Waals surface area contributed by atoms with E-state index in [4.69, 9.17) is 16.3 Å². The molecule has 1 aliphatic rings. The van der Waals surface area contributed by atoms with Gasteiger partial charge in [-0.1, -0.05) is 0 Å². The van der Waals surface area contributed by atoms with E-state index in [9.17, 15) is 0 Å². The van der Waals surface area contributed by atoms with E-state index in [0.717, 1.165) is 31.1 Å². The maximum atomic E-state index is 6.10. The molecule has 0 spiro atoms. The molecule has 1 aromatic heterocycles. The van der Waals surface area contributed by atoms with Crippen molar-refractivity contribution in [2.75, 3.05) is 19.1 Å². The standard InChI is InChI=1S/C11H16ClNOS/c1-9-13-6-10(15-9)5-11(7-12)3-2-4-14-8-11/h6H,2-5,7-8H2,1H3. The summed E-state index contributed by atoms with van der Waals surface area (Å²) in [6, 6.07) is 0. The second kappa shape index (κ2) is 4.81. The molecule has 0 bridgehead atoms. The first-order valence-corrected chi connectivity index (χ1v) is 6.64. The minimum atomic E-state index is 0.152. The summed E-state index contributed by atoms with van der Waals surface area (Å²) in [5.41, 5.74) is 0.152. The molecule has 0 saturated carbocycles. The molecule has 2 rings (SSSR count). The van der Waals surface area contributed by atoms with E-state index in [-0.39, 0.29) is 5.41 Å². The van der Waals surface area contributed by atoms with Crippen LogP contribution in [0.3, 0.4) is 0 Å². The highest BCUT2D eigenvalue weighted by Gasteiger charge is 2.32. The molecule has 1 saturated heterocycles. The fraction of sp³-hybridized carbons (Fsp3) is 0.727. The van der Waals surface area contributed by atoms with Gasteiger partial charge in [0, 0.05) is 29.0 Å². The molecule has 1 aromatic rings. The maximum Gasteiger partial charge on any atom is 0.0896 e. The van der Waals surface area contributed by atoms with Crippen molar-refractivity contribution in [1.29, 1.82) is 0 Å². The molecule has 4 heteroatoms. The normalized spacial score (nSPS) is 26.8. The zero-order valence-electron chi connectivity index (χ0n) is 8.96. The van der Waals surface area contributed by atoms with Gasteiger partial charge in [-0.3, -0.25) is 0 Å². The molecule has 0 amide bonds. The van der Waals surface area contributed by atoms with E-state index in [2.05, 4.69) is 4.98 Å². The molecule has 2 nitrogen and oxygen atoms in total. The summed E-state index contributed by atoms with van der Waals surface area (Å²) >= 11 is 7.87. The Bertz CT molecular complexity index is 320. The first kappa shape index (κ1) is 11.4. The Morgan fingerprint density at radius 2 is 2.53 bits per heavy atom. The lowest BCUT2D eigenvalue weighted by atomic mass is 9.81. The Morgan fingerprint density at radius 3 is 3.07 bits per heavy atom. The van der Waals surface area contributed by atoms with E-state index >= 15 is 0 Å². The van der Waals surface area contributed by atoms with E-state index < -0.39 is 0 Å². The number of hydrogen-bond acceptors (Lipinski definition) is 3. The van der Waals surface area contributed by atoms with Crippen LogP contribution in [0.25, 0.3) is 0 Å². The molecule has 1 aliphatic heterocycles. The van der Waals surface area contributed by atoms with Crippen LogP contribution in [0.4, 0.5) is 0 Å². The molecule has 15 heavy (non-hydrogen) atoms. The van der Waals surface area contributed by atoms with Crippen molar-refractivity contribution in [1.82, 2.24) is 4.98 Å². The largest absolute Gasteiger partial charge is 0.381 e. The summed E-state index contributed by atoms with van der Waals surface area (Å²) in [5.74, 6) is 0.684. The van der Waals surface area contributed by atoms with Gasteiger partial charge in [0.05, 0.1) is 11.6 Å². The molecular formula is C11H16ClNOS. The van der Waals surface area contributed by atoms with Gasteiger partial charge in [0.15, 0.2) is 0 Å². The minimum Gasteiger partial charge on any atom is -0.381 e. The highest BCUT2D eigenvalue weighted by molar-refractivity contribution is 7.11. The third kappa shape index (κ3) is 2.71. The molecule has 84 valence electrons. The molecule has 1 unspecified atom stereocenters. The number of aromatic nitrogens is 1. The lowest BCUT2D eigenvalue weighted by Gasteiger charge is -2.34. The van der Waals surface area contributed by atoms with Crippen LogP contribution in [0.5, 0.6) is 0 Å². The van der Waals surface area contributed by atoms with Gasteiger partial charge < -0.3 is 4.74 Å². The van der Waals surface area contributed by atoms with Crippen LogP contribution in [-0.2, 0) is 11.2 Å². The third-order valence-electron chi connectivity index (χ3n) is 2.91. The lowest BCUT2D eigenvalue weighted by molar-refractivity contribution is 0.00515. The number of aryl methyl sites for hydroxylation is 1. The summed E-state index contributed by atoms with van der Waals surface area (Å²) in [6.45, 7) is 3.73. The maximum absolute atomic E-state index is 6.10. The van der Waals surface area contributed by atoms with E-state index in [0.29, 0.717) is 5.88 Å². The summed E-state index contributed by atoms with van der Waals surface area (Å²) in [6.07, 6.45) is 5.29. The first-order valence-electron chi connectivity index (χ1n) is 5.29. The van der Waals surface area contributed by atoms with Gasteiger partial charge in [-0.05, 0) is 26.2 Å². The molecule has 0 aromatic carbocycles. The van der Waals surface area contributed by atoms with Gasteiger partial charge in [0.2, 0.25) is 0 Å². The molecule has 1 atom stereocenters. The van der Waals surface area contributed by atoms with Gasteiger partial charge in [-0.15, -0.1) is 22.9 Å². The predicted molar refractivity (Wildman–Crippen MR) is 63.8 cm³/mol. The molecular weight excluding hydrogens is 230 g/mol. The van der Waals surface area contributed by atoms with Crippen molar-refractivity contribution in [3.8, 4) is 0 Å². The zero-order valence-corrected chi connectivity index (χ0v) is 10.5. The number of alkyl halides is 1. The zero-order chi connectivity index (χ0) is 10.7. The Labute approximate surface area is 99.6 Å². The van der Waals surface area contributed by atoms with Crippen LogP contribution >= 0.6 is 22.9 Å². The quantitative estimate of drug-likeness (QED) is 0.764. The van der Waals surface area contributed by atoms with Crippen molar-refractivity contribution in [2.45, 2.75) is 26.2 Å². The second-order valence-corrected chi connectivity index (χ2v) is 5.90. The Morgan fingerprint density at radius 1 is 1.67 bits per heavy atom. The first-order chi connectivity index (χ1) is 7.24. The van der Waals surface area contributed by atoms with Crippen LogP contribution in [-0.4, -0.2) is 24.1 Å². The molecule has 1 fully saturated rings. The van der Waals surface area contributed by atoms with Gasteiger partial charge in [0.25, 0.3) is 0 Å². The van der Waals surface area contributed by atoms with Crippen LogP contribution < -0.4 is 0 Å². The summed E-state index contributed by atoms with van der Waals surface area (Å²) < 4.78 is 5.56. The average molecular weight is 246 g/mol. The number of thiazole rings is 1. The second-order valence-electron chi connectivity index (χ2n) is 4.31. The molecule has 2 heterocycles. The van der Waals surface area contributed by atoms with Crippen LogP contribution in [0.2, 0.25) is 0 Å². The number of rotatable bonds is 3. The molecule has 0 radical (unpaired) electrons. The number of nitrogens with zero attached hydrogens (tertiary/aromatic N) is 1. The van der Waals surface area contributed by atoms with Crippen LogP contribution in [0.15, 0.2) is 6.20 Å². The van der Waals surface area contributed by atoms with Crippen LogP contribution in [0, 0.1) is 12.3 Å². The van der Waals surface area contributed by atoms with Gasteiger partial charge in [0.1, 0.15) is 0 Å². The van der Waals surface area contributed by atoms with E-state index in [1.165, 1.54) is 11.3 Å². The van der Waals surface area contributed by atoms with E-state index in [1.54, 1.807) is 11.3 Å². The lowest BCUT2D eigenvalue weighted by Crippen LogP contribution is -2.35. The van der Waals surface area contributed by atoms with Gasteiger partial charge in [-0.25, -0.2) is 4.98 Å². The topological polar surface area (TPSA) is 22.1 Å². The molecule has 0 aliphatic carbocycles. The highest BCUT2D eigenvalue weighted by atomic mass is 35.5. The number of ether oxygens (including phenoxy) is 1. The van der Waals surface area contributed by atoms with E-state index in [1.807, 2.05) is 13.1 Å².